The molecule has 0 radical (unpaired) electrons. The van der Waals surface area contributed by atoms with E-state index in [0.29, 0.717) is 11.4 Å². The van der Waals surface area contributed by atoms with Gasteiger partial charge in [-0.05, 0) is 31.0 Å². The molecular formula is C10H14NNaO4S. The van der Waals surface area contributed by atoms with Crippen LogP contribution in [0.2, 0.25) is 0 Å². The van der Waals surface area contributed by atoms with E-state index in [9.17, 15) is 13.0 Å². The van der Waals surface area contributed by atoms with Crippen LogP contribution in [0.5, 0.6) is 5.75 Å². The smallest absolute Gasteiger partial charge is 0.748 e. The van der Waals surface area contributed by atoms with E-state index in [-0.39, 0.29) is 42.6 Å². The minimum atomic E-state index is -4.16. The van der Waals surface area contributed by atoms with E-state index in [1.54, 1.807) is 12.1 Å². The van der Waals surface area contributed by atoms with Crippen molar-refractivity contribution in [3.8, 4) is 5.75 Å². The molecule has 0 saturated carbocycles. The number of nitrogen functional groups attached to an aromatic ring is 1. The van der Waals surface area contributed by atoms with Crippen molar-refractivity contribution in [2.75, 3.05) is 18.1 Å². The van der Waals surface area contributed by atoms with Crippen LogP contribution in [-0.4, -0.2) is 25.3 Å². The fourth-order valence-electron chi connectivity index (χ4n) is 1.22. The Bertz CT molecular complexity index is 461. The van der Waals surface area contributed by atoms with E-state index in [4.69, 9.17) is 10.5 Å². The maximum atomic E-state index is 10.3. The van der Waals surface area contributed by atoms with E-state index in [2.05, 4.69) is 0 Å². The molecule has 0 bridgehead atoms. The minimum absolute atomic E-state index is 0. The summed E-state index contributed by atoms with van der Waals surface area (Å²) in [5.41, 5.74) is 7.21. The van der Waals surface area contributed by atoms with Gasteiger partial charge in [0, 0.05) is 5.75 Å². The van der Waals surface area contributed by atoms with Gasteiger partial charge in [0.1, 0.15) is 5.75 Å². The second-order valence-corrected chi connectivity index (χ2v) is 5.03. The topological polar surface area (TPSA) is 92.5 Å². The van der Waals surface area contributed by atoms with E-state index in [0.717, 1.165) is 5.56 Å². The number of hydrogen-bond acceptors (Lipinski definition) is 5. The number of aryl methyl sites for hydroxylation is 1. The predicted octanol–water partition coefficient (Wildman–Crippen LogP) is -2.10. The van der Waals surface area contributed by atoms with Gasteiger partial charge in [-0.15, -0.1) is 0 Å². The first kappa shape index (κ1) is 16.7. The van der Waals surface area contributed by atoms with Crippen LogP contribution in [0.1, 0.15) is 12.0 Å². The van der Waals surface area contributed by atoms with E-state index < -0.39 is 15.9 Å². The van der Waals surface area contributed by atoms with Crippen LogP contribution in [-0.2, 0) is 10.1 Å². The first-order valence-electron chi connectivity index (χ1n) is 4.81. The Morgan fingerprint density at radius 1 is 1.41 bits per heavy atom. The van der Waals surface area contributed by atoms with Crippen LogP contribution in [0.3, 0.4) is 0 Å². The number of ether oxygens (including phenoxy) is 1. The molecule has 2 N–H and O–H groups in total. The maximum absolute atomic E-state index is 10.3. The molecule has 1 aromatic rings. The average molecular weight is 267 g/mol. The van der Waals surface area contributed by atoms with Crippen molar-refractivity contribution >= 4 is 15.8 Å². The van der Waals surface area contributed by atoms with Crippen LogP contribution in [0.15, 0.2) is 18.2 Å². The van der Waals surface area contributed by atoms with Gasteiger partial charge in [0.2, 0.25) is 0 Å². The molecule has 1 rings (SSSR count). The van der Waals surface area contributed by atoms with Gasteiger partial charge in [0.25, 0.3) is 0 Å². The normalized spacial score (nSPS) is 10.7. The minimum Gasteiger partial charge on any atom is -0.748 e. The predicted molar refractivity (Wildman–Crippen MR) is 60.3 cm³/mol. The first-order chi connectivity index (χ1) is 7.38. The quantitative estimate of drug-likeness (QED) is 0.285. The summed E-state index contributed by atoms with van der Waals surface area (Å²) in [7, 11) is -4.16. The average Bonchev–Trinajstić information content (AvgIpc) is 2.13. The van der Waals surface area contributed by atoms with Crippen LogP contribution in [0.4, 0.5) is 5.69 Å². The van der Waals surface area contributed by atoms with Crippen molar-refractivity contribution in [2.45, 2.75) is 13.3 Å². The summed E-state index contributed by atoms with van der Waals surface area (Å²) in [6.07, 6.45) is 0.166. The Labute approximate surface area is 123 Å². The van der Waals surface area contributed by atoms with Gasteiger partial charge in [-0.2, -0.15) is 0 Å². The van der Waals surface area contributed by atoms with Gasteiger partial charge in [-0.3, -0.25) is 0 Å². The largest absolute Gasteiger partial charge is 1.00 e. The van der Waals surface area contributed by atoms with Crippen molar-refractivity contribution < 1.29 is 47.3 Å². The van der Waals surface area contributed by atoms with E-state index >= 15 is 0 Å². The van der Waals surface area contributed by atoms with Crippen molar-refractivity contribution in [3.05, 3.63) is 23.8 Å². The van der Waals surface area contributed by atoms with Gasteiger partial charge in [-0.1, -0.05) is 6.07 Å². The Kier molecular flexibility index (Phi) is 7.11. The molecule has 17 heavy (non-hydrogen) atoms. The Hall–Kier alpha value is -0.270. The van der Waals surface area contributed by atoms with Gasteiger partial charge in [0.15, 0.2) is 0 Å². The number of hydrogen-bond donors (Lipinski definition) is 1. The monoisotopic (exact) mass is 267 g/mol. The van der Waals surface area contributed by atoms with Crippen molar-refractivity contribution in [3.63, 3.8) is 0 Å². The zero-order valence-corrected chi connectivity index (χ0v) is 12.8. The summed E-state index contributed by atoms with van der Waals surface area (Å²) in [6.45, 7) is 2.07. The third-order valence-corrected chi connectivity index (χ3v) is 2.75. The maximum Gasteiger partial charge on any atom is 1.00 e. The molecule has 0 fully saturated rings. The SMILES string of the molecule is Cc1ccc(OCCCS(=O)(=O)[O-])c(N)c1.[Na+]. The van der Waals surface area contributed by atoms with Gasteiger partial charge >= 0.3 is 29.6 Å². The zero-order valence-electron chi connectivity index (χ0n) is 9.97. The molecular weight excluding hydrogens is 253 g/mol. The first-order valence-corrected chi connectivity index (χ1v) is 6.39. The summed E-state index contributed by atoms with van der Waals surface area (Å²) in [4.78, 5) is 0. The Morgan fingerprint density at radius 2 is 2.06 bits per heavy atom. The number of anilines is 1. The molecule has 90 valence electrons. The zero-order chi connectivity index (χ0) is 12.2. The Balaban J connectivity index is 0.00000256. The number of nitrogens with two attached hydrogens (primary N) is 1. The molecule has 0 aromatic heterocycles. The molecule has 0 amide bonds. The van der Waals surface area contributed by atoms with Gasteiger partial charge in [-0.25, -0.2) is 8.42 Å². The molecule has 0 atom stereocenters. The van der Waals surface area contributed by atoms with Gasteiger partial charge < -0.3 is 15.0 Å². The van der Waals surface area contributed by atoms with Crippen LogP contribution in [0.25, 0.3) is 0 Å². The molecule has 0 aliphatic rings. The molecule has 7 heteroatoms. The van der Waals surface area contributed by atoms with E-state index in [1.807, 2.05) is 13.0 Å². The standard InChI is InChI=1S/C10H15NO4S.Na/c1-8-3-4-10(9(11)7-8)15-5-2-6-16(12,13)14;/h3-4,7H,2,5-6,11H2,1H3,(H,12,13,14);/q;+1/p-1. The summed E-state index contributed by atoms with van der Waals surface area (Å²) < 4.78 is 36.2. The van der Waals surface area contributed by atoms with Crippen LogP contribution in [0, 0.1) is 6.92 Å². The second-order valence-electron chi connectivity index (χ2n) is 3.51. The van der Waals surface area contributed by atoms with Crippen molar-refractivity contribution in [1.82, 2.24) is 0 Å². The third kappa shape index (κ3) is 6.90. The summed E-state index contributed by atoms with van der Waals surface area (Å²) >= 11 is 0. The van der Waals surface area contributed by atoms with E-state index in [1.165, 1.54) is 0 Å². The molecule has 0 heterocycles. The molecule has 1 aromatic carbocycles. The van der Waals surface area contributed by atoms with Crippen molar-refractivity contribution in [1.29, 1.82) is 0 Å². The second kappa shape index (κ2) is 7.23. The molecule has 0 saturated heterocycles. The molecule has 0 unspecified atom stereocenters. The summed E-state index contributed by atoms with van der Waals surface area (Å²) in [6, 6.07) is 5.33. The summed E-state index contributed by atoms with van der Waals surface area (Å²) in [5, 5.41) is 0. The van der Waals surface area contributed by atoms with Crippen LogP contribution < -0.4 is 40.0 Å². The van der Waals surface area contributed by atoms with Gasteiger partial charge in [0.05, 0.1) is 22.4 Å². The fourth-order valence-corrected chi connectivity index (χ4v) is 1.69. The molecule has 0 spiro atoms. The Morgan fingerprint density at radius 3 is 2.59 bits per heavy atom. The number of rotatable bonds is 5. The van der Waals surface area contributed by atoms with Crippen molar-refractivity contribution in [2.24, 2.45) is 0 Å². The third-order valence-electron chi connectivity index (χ3n) is 1.96. The summed E-state index contributed by atoms with van der Waals surface area (Å²) in [5.74, 6) is 0.0903. The molecule has 0 aliphatic heterocycles. The molecule has 5 nitrogen and oxygen atoms in total. The van der Waals surface area contributed by atoms with Crippen LogP contribution >= 0.6 is 0 Å². The molecule has 0 aliphatic carbocycles. The number of benzene rings is 1. The fraction of sp³-hybridized carbons (Fsp3) is 0.400.